The number of hydrogen-bond donors (Lipinski definition) is 3. The SMILES string of the molecule is COc1cc2c(cc1-c1ccn(C)n1)-n1c(-c3cccs3)nc(C(=O)N(C(O)(O)O)C3(C)CCC3)c1CC2. The lowest BCUT2D eigenvalue weighted by Gasteiger charge is -2.50. The molecule has 1 aliphatic carbocycles. The van der Waals surface area contributed by atoms with Crippen LogP contribution in [-0.4, -0.2) is 64.2 Å². The summed E-state index contributed by atoms with van der Waals surface area (Å²) < 4.78 is 9.42. The molecule has 3 aromatic heterocycles. The van der Waals surface area contributed by atoms with Gasteiger partial charge in [0.05, 0.1) is 29.1 Å². The summed E-state index contributed by atoms with van der Waals surface area (Å²) in [4.78, 5) is 20.3. The number of aryl methyl sites for hydroxylation is 2. The van der Waals surface area contributed by atoms with Crippen LogP contribution in [0.4, 0.5) is 0 Å². The van der Waals surface area contributed by atoms with Crippen LogP contribution in [0.15, 0.2) is 41.9 Å². The highest BCUT2D eigenvalue weighted by Gasteiger charge is 2.51. The number of methoxy groups -OCH3 is 1. The number of ether oxygens (including phenoxy) is 1. The van der Waals surface area contributed by atoms with Gasteiger partial charge in [0.15, 0.2) is 11.5 Å². The van der Waals surface area contributed by atoms with Crippen molar-refractivity contribution in [3.05, 3.63) is 58.9 Å². The van der Waals surface area contributed by atoms with E-state index in [2.05, 4.69) is 5.10 Å². The van der Waals surface area contributed by atoms with Gasteiger partial charge in [-0.3, -0.25) is 18.9 Å². The van der Waals surface area contributed by atoms with Crippen LogP contribution in [-0.2, 0) is 19.9 Å². The second kappa shape index (κ2) is 8.77. The maximum atomic E-state index is 13.9. The molecule has 0 atom stereocenters. The highest BCUT2D eigenvalue weighted by molar-refractivity contribution is 7.13. The predicted octanol–water partition coefficient (Wildman–Crippen LogP) is 3.08. The monoisotopic (exact) mass is 535 g/mol. The van der Waals surface area contributed by atoms with Crippen LogP contribution in [0.3, 0.4) is 0 Å². The number of imidazole rings is 1. The van der Waals surface area contributed by atoms with E-state index in [4.69, 9.17) is 9.72 Å². The Morgan fingerprint density at radius 1 is 1.21 bits per heavy atom. The minimum atomic E-state index is -3.31. The highest BCUT2D eigenvalue weighted by atomic mass is 32.1. The molecule has 4 heterocycles. The normalized spacial score (nSPS) is 15.9. The molecule has 1 amide bonds. The number of carbonyl (C=O) groups is 1. The van der Waals surface area contributed by atoms with Gasteiger partial charge < -0.3 is 20.1 Å². The van der Waals surface area contributed by atoms with Crippen molar-refractivity contribution in [2.45, 2.75) is 50.7 Å². The van der Waals surface area contributed by atoms with Crippen LogP contribution in [0.2, 0.25) is 0 Å². The second-order valence-corrected chi connectivity index (χ2v) is 11.1. The van der Waals surface area contributed by atoms with E-state index in [0.29, 0.717) is 43.0 Å². The molecule has 0 saturated heterocycles. The first-order valence-corrected chi connectivity index (χ1v) is 13.4. The van der Waals surface area contributed by atoms with Crippen LogP contribution >= 0.6 is 11.3 Å². The molecule has 1 saturated carbocycles. The van der Waals surface area contributed by atoms with Gasteiger partial charge >= 0.3 is 6.10 Å². The highest BCUT2D eigenvalue weighted by Crippen LogP contribution is 2.43. The summed E-state index contributed by atoms with van der Waals surface area (Å²) in [6, 6.07) is 9.78. The van der Waals surface area contributed by atoms with Crippen molar-refractivity contribution in [1.29, 1.82) is 0 Å². The molecule has 4 aromatic rings. The second-order valence-electron chi connectivity index (χ2n) is 10.2. The van der Waals surface area contributed by atoms with Gasteiger partial charge in [0, 0.05) is 24.3 Å². The Kier molecular flexibility index (Phi) is 5.72. The summed E-state index contributed by atoms with van der Waals surface area (Å²) in [6.07, 6.45) is 1.60. The third kappa shape index (κ3) is 3.85. The zero-order chi connectivity index (χ0) is 26.8. The van der Waals surface area contributed by atoms with Crippen molar-refractivity contribution < 1.29 is 24.9 Å². The van der Waals surface area contributed by atoms with Gasteiger partial charge in [0.1, 0.15) is 5.75 Å². The van der Waals surface area contributed by atoms with Gasteiger partial charge in [-0.1, -0.05) is 6.07 Å². The number of hydrogen-bond acceptors (Lipinski definition) is 8. The van der Waals surface area contributed by atoms with Crippen molar-refractivity contribution in [3.8, 4) is 33.4 Å². The van der Waals surface area contributed by atoms with Crippen molar-refractivity contribution in [2.24, 2.45) is 7.05 Å². The Balaban J connectivity index is 1.57. The van der Waals surface area contributed by atoms with Crippen molar-refractivity contribution in [2.75, 3.05) is 7.11 Å². The van der Waals surface area contributed by atoms with E-state index in [1.54, 1.807) is 18.7 Å². The van der Waals surface area contributed by atoms with Gasteiger partial charge in [-0.15, -0.1) is 11.3 Å². The summed E-state index contributed by atoms with van der Waals surface area (Å²) in [5.74, 6) is 0.567. The minimum Gasteiger partial charge on any atom is -0.496 e. The molecular formula is C27H29N5O5S. The lowest BCUT2D eigenvalue weighted by molar-refractivity contribution is -0.397. The number of nitrogens with zero attached hydrogens (tertiary/aromatic N) is 5. The topological polar surface area (TPSA) is 126 Å². The van der Waals surface area contributed by atoms with E-state index < -0.39 is 17.5 Å². The molecule has 38 heavy (non-hydrogen) atoms. The summed E-state index contributed by atoms with van der Waals surface area (Å²) in [5.41, 5.74) is 3.31. The van der Waals surface area contributed by atoms with Crippen LogP contribution in [0.25, 0.3) is 27.6 Å². The van der Waals surface area contributed by atoms with Crippen LogP contribution in [0.1, 0.15) is 47.9 Å². The maximum Gasteiger partial charge on any atom is 0.372 e. The molecule has 10 nitrogen and oxygen atoms in total. The van der Waals surface area contributed by atoms with E-state index in [-0.39, 0.29) is 5.69 Å². The predicted molar refractivity (Wildman–Crippen MR) is 141 cm³/mol. The first kappa shape index (κ1) is 24.8. The average molecular weight is 536 g/mol. The molecule has 0 spiro atoms. The average Bonchev–Trinajstić information content (AvgIpc) is 3.60. The molecular weight excluding hydrogens is 506 g/mol. The Labute approximate surface area is 223 Å². The molecule has 1 fully saturated rings. The van der Waals surface area contributed by atoms with Gasteiger partial charge in [-0.05, 0) is 74.2 Å². The standard InChI is InChI=1S/C27H29N5O5S/c1-26(10-5-11-26)32(27(34,35)36)25(33)23-19-8-7-16-14-21(37-3)17(18-9-12-30(2)29-18)15-20(16)31(19)24(28-23)22-6-4-13-38-22/h4,6,9,12-15,34-36H,5,7-8,10-11H2,1-3H3. The summed E-state index contributed by atoms with van der Waals surface area (Å²) >= 11 is 1.50. The molecule has 11 heteroatoms. The van der Waals surface area contributed by atoms with Crippen molar-refractivity contribution in [3.63, 3.8) is 0 Å². The first-order chi connectivity index (χ1) is 18.1. The number of fused-ring (bicyclic) bond motifs is 3. The van der Waals surface area contributed by atoms with E-state index in [9.17, 15) is 20.1 Å². The molecule has 3 N–H and O–H groups in total. The number of carbonyl (C=O) groups excluding carboxylic acids is 1. The third-order valence-corrected chi connectivity index (χ3v) is 8.52. The third-order valence-electron chi connectivity index (χ3n) is 7.65. The fourth-order valence-corrected chi connectivity index (χ4v) is 6.35. The fourth-order valence-electron chi connectivity index (χ4n) is 5.65. The Morgan fingerprint density at radius 3 is 2.58 bits per heavy atom. The number of aliphatic hydroxyl groups is 3. The molecule has 0 radical (unpaired) electrons. The molecule has 0 unspecified atom stereocenters. The van der Waals surface area contributed by atoms with Gasteiger partial charge in [-0.25, -0.2) is 4.98 Å². The number of benzene rings is 1. The Morgan fingerprint density at radius 2 is 2.00 bits per heavy atom. The first-order valence-electron chi connectivity index (χ1n) is 12.5. The lowest BCUT2D eigenvalue weighted by atomic mass is 9.76. The molecule has 6 rings (SSSR count). The van der Waals surface area contributed by atoms with Crippen molar-refractivity contribution in [1.82, 2.24) is 24.2 Å². The fraction of sp³-hybridized carbons (Fsp3) is 0.370. The van der Waals surface area contributed by atoms with Crippen molar-refractivity contribution >= 4 is 17.2 Å². The lowest BCUT2D eigenvalue weighted by Crippen LogP contribution is -2.65. The number of aromatic nitrogens is 4. The number of amides is 1. The minimum absolute atomic E-state index is 0.101. The van der Waals surface area contributed by atoms with Gasteiger partial charge in [0.25, 0.3) is 5.91 Å². The molecule has 1 aliphatic heterocycles. The summed E-state index contributed by atoms with van der Waals surface area (Å²) in [6.45, 7) is 1.75. The number of thiophene rings is 1. The van der Waals surface area contributed by atoms with E-state index in [0.717, 1.165) is 38.7 Å². The molecule has 0 bridgehead atoms. The zero-order valence-corrected chi connectivity index (χ0v) is 22.2. The Hall–Kier alpha value is -3.51. The largest absolute Gasteiger partial charge is 0.496 e. The zero-order valence-electron chi connectivity index (χ0n) is 21.4. The van der Waals surface area contributed by atoms with Crippen LogP contribution in [0.5, 0.6) is 5.75 Å². The van der Waals surface area contributed by atoms with E-state index in [1.807, 2.05) is 53.5 Å². The summed E-state index contributed by atoms with van der Waals surface area (Å²) in [5, 5.41) is 37.2. The smallest absolute Gasteiger partial charge is 0.372 e. The van der Waals surface area contributed by atoms with Crippen LogP contribution in [0, 0.1) is 0 Å². The maximum absolute atomic E-state index is 13.9. The summed E-state index contributed by atoms with van der Waals surface area (Å²) in [7, 11) is 3.49. The number of rotatable bonds is 6. The molecule has 198 valence electrons. The van der Waals surface area contributed by atoms with Crippen LogP contribution < -0.4 is 4.74 Å². The van der Waals surface area contributed by atoms with E-state index >= 15 is 0 Å². The molecule has 2 aliphatic rings. The van der Waals surface area contributed by atoms with E-state index in [1.165, 1.54) is 11.3 Å². The quantitative estimate of drug-likeness (QED) is 0.324. The van der Waals surface area contributed by atoms with Gasteiger partial charge in [0.2, 0.25) is 0 Å². The molecule has 1 aromatic carbocycles. The van der Waals surface area contributed by atoms with Gasteiger partial charge in [-0.2, -0.15) is 5.10 Å². The Bertz CT molecular complexity index is 1530.